The summed E-state index contributed by atoms with van der Waals surface area (Å²) in [5.41, 5.74) is 8.98. The quantitative estimate of drug-likeness (QED) is 0.315. The molecule has 27 heavy (non-hydrogen) atoms. The van der Waals surface area contributed by atoms with Crippen molar-refractivity contribution in [3.8, 4) is 0 Å². The molecule has 0 unspecified atom stereocenters. The fourth-order valence-electron chi connectivity index (χ4n) is 3.10. The van der Waals surface area contributed by atoms with Crippen LogP contribution in [0.1, 0.15) is 90.7 Å². The van der Waals surface area contributed by atoms with Crippen LogP contribution in [0.25, 0.3) is 0 Å². The van der Waals surface area contributed by atoms with Crippen molar-refractivity contribution in [1.29, 1.82) is 0 Å². The number of aryl methyl sites for hydroxylation is 2. The van der Waals surface area contributed by atoms with E-state index in [0.717, 1.165) is 0 Å². The summed E-state index contributed by atoms with van der Waals surface area (Å²) >= 11 is 1.82. The minimum Gasteiger partial charge on any atom is -0.152 e. The predicted octanol–water partition coefficient (Wildman–Crippen LogP) is 9.13. The Morgan fingerprint density at radius 3 is 1.63 bits per heavy atom. The van der Waals surface area contributed by atoms with Gasteiger partial charge < -0.3 is 0 Å². The first kappa shape index (κ1) is 23.7. The van der Waals surface area contributed by atoms with Crippen LogP contribution in [-0.4, -0.2) is 0 Å². The first-order valence-electron chi connectivity index (χ1n) is 10.5. The molecule has 150 valence electrons. The highest BCUT2D eigenvalue weighted by molar-refractivity contribution is 7.08. The molecule has 1 aromatic rings. The Labute approximate surface area is 172 Å². The van der Waals surface area contributed by atoms with Gasteiger partial charge in [0.1, 0.15) is 0 Å². The van der Waals surface area contributed by atoms with Gasteiger partial charge in [-0.2, -0.15) is 11.3 Å². The lowest BCUT2D eigenvalue weighted by atomic mass is 10.0. The molecule has 0 saturated heterocycles. The van der Waals surface area contributed by atoms with E-state index < -0.39 is 0 Å². The summed E-state index contributed by atoms with van der Waals surface area (Å²) in [7, 11) is 0. The molecule has 0 bridgehead atoms. The van der Waals surface area contributed by atoms with Crippen molar-refractivity contribution < 1.29 is 0 Å². The third-order valence-corrected chi connectivity index (χ3v) is 5.93. The van der Waals surface area contributed by atoms with Gasteiger partial charge in [-0.05, 0) is 115 Å². The largest absolute Gasteiger partial charge is 0.152 e. The Hall–Kier alpha value is -1.34. The summed E-state index contributed by atoms with van der Waals surface area (Å²) < 4.78 is 0. The molecule has 0 fully saturated rings. The molecular weight excluding hydrogens is 344 g/mol. The highest BCUT2D eigenvalue weighted by Crippen LogP contribution is 2.17. The van der Waals surface area contributed by atoms with Gasteiger partial charge in [-0.1, -0.05) is 46.6 Å². The van der Waals surface area contributed by atoms with Crippen LogP contribution in [0.4, 0.5) is 0 Å². The average Bonchev–Trinajstić information content (AvgIpc) is 2.99. The summed E-state index contributed by atoms with van der Waals surface area (Å²) in [5, 5.41) is 4.54. The van der Waals surface area contributed by atoms with Crippen LogP contribution in [-0.2, 0) is 6.42 Å². The number of allylic oxidation sites excluding steroid dienone is 8. The van der Waals surface area contributed by atoms with Crippen LogP contribution in [0.2, 0.25) is 0 Å². The maximum atomic E-state index is 2.44. The van der Waals surface area contributed by atoms with E-state index in [1.165, 1.54) is 84.8 Å². The number of hydrogen-bond acceptors (Lipinski definition) is 1. The molecule has 1 rings (SSSR count). The molecule has 1 heteroatoms. The topological polar surface area (TPSA) is 0 Å². The van der Waals surface area contributed by atoms with Gasteiger partial charge in [-0.3, -0.25) is 0 Å². The molecule has 1 aromatic heterocycles. The lowest BCUT2D eigenvalue weighted by Gasteiger charge is -2.03. The van der Waals surface area contributed by atoms with E-state index >= 15 is 0 Å². The van der Waals surface area contributed by atoms with Crippen LogP contribution in [0.15, 0.2) is 57.4 Å². The molecule has 0 aromatic carbocycles. The third kappa shape index (κ3) is 11.9. The van der Waals surface area contributed by atoms with E-state index in [1.807, 2.05) is 11.3 Å². The van der Waals surface area contributed by atoms with E-state index in [1.54, 1.807) is 0 Å². The summed E-state index contributed by atoms with van der Waals surface area (Å²) in [6.45, 7) is 13.4. The Balaban J connectivity index is 2.22. The molecule has 0 aliphatic heterocycles. The summed E-state index contributed by atoms with van der Waals surface area (Å²) in [5.74, 6) is 0. The van der Waals surface area contributed by atoms with Crippen molar-refractivity contribution in [3.05, 3.63) is 68.5 Å². The predicted molar refractivity (Wildman–Crippen MR) is 126 cm³/mol. The maximum absolute atomic E-state index is 2.44. The van der Waals surface area contributed by atoms with Crippen LogP contribution >= 0.6 is 11.3 Å². The lowest BCUT2D eigenvalue weighted by molar-refractivity contribution is 0.893. The second-order valence-corrected chi connectivity index (χ2v) is 8.91. The first-order chi connectivity index (χ1) is 12.9. The molecule has 0 saturated carbocycles. The minimum atomic E-state index is 1.17. The van der Waals surface area contributed by atoms with E-state index in [4.69, 9.17) is 0 Å². The van der Waals surface area contributed by atoms with E-state index in [0.29, 0.717) is 0 Å². The smallest absolute Gasteiger partial charge is 0.00584 e. The summed E-state index contributed by atoms with van der Waals surface area (Å²) in [6, 6.07) is 0. The molecule has 0 aliphatic carbocycles. The zero-order chi connectivity index (χ0) is 20.1. The molecule has 0 nitrogen and oxygen atoms in total. The van der Waals surface area contributed by atoms with Crippen molar-refractivity contribution in [2.45, 2.75) is 92.9 Å². The van der Waals surface area contributed by atoms with Crippen molar-refractivity contribution in [2.24, 2.45) is 0 Å². The van der Waals surface area contributed by atoms with Gasteiger partial charge in [0, 0.05) is 0 Å². The highest BCUT2D eigenvalue weighted by Gasteiger charge is 1.98. The number of rotatable bonds is 12. The van der Waals surface area contributed by atoms with Crippen molar-refractivity contribution >= 4 is 11.3 Å². The molecule has 1 heterocycles. The molecule has 0 radical (unpaired) electrons. The fraction of sp³-hybridized carbons (Fsp3) is 0.538. The molecule has 0 spiro atoms. The molecule has 0 aliphatic rings. The third-order valence-electron chi connectivity index (χ3n) is 5.02. The second-order valence-electron chi connectivity index (χ2n) is 8.17. The van der Waals surface area contributed by atoms with Gasteiger partial charge in [0.2, 0.25) is 0 Å². The van der Waals surface area contributed by atoms with Crippen LogP contribution in [0.3, 0.4) is 0 Å². The summed E-state index contributed by atoms with van der Waals surface area (Å²) in [6.07, 6.45) is 19.1. The van der Waals surface area contributed by atoms with Crippen molar-refractivity contribution in [1.82, 2.24) is 0 Å². The average molecular weight is 385 g/mol. The van der Waals surface area contributed by atoms with E-state index in [9.17, 15) is 0 Å². The minimum absolute atomic E-state index is 1.17. The Morgan fingerprint density at radius 2 is 1.19 bits per heavy atom. The fourth-order valence-corrected chi connectivity index (χ4v) is 4.00. The van der Waals surface area contributed by atoms with Crippen LogP contribution in [0, 0.1) is 6.92 Å². The van der Waals surface area contributed by atoms with Crippen molar-refractivity contribution in [3.63, 3.8) is 0 Å². The Morgan fingerprint density at radius 1 is 0.704 bits per heavy atom. The SMILES string of the molecule is CC(C)=CCC/C(C)=C/CC/C(C)=C/CC/C(C)=C/CCc1cscc1C. The molecular formula is C26H40S. The standard InChI is InChI=1S/C26H40S/c1-21(2)11-7-12-22(3)13-8-14-23(4)15-9-16-24(5)17-10-18-26-20-27-19-25(26)6/h11,13,15,17,19-20H,7-10,12,14,16,18H2,1-6H3/b22-13+,23-15+,24-17+. The molecule has 0 N–H and O–H groups in total. The van der Waals surface area contributed by atoms with Gasteiger partial charge in [-0.25, -0.2) is 0 Å². The lowest BCUT2D eigenvalue weighted by Crippen LogP contribution is -1.85. The Kier molecular flexibility index (Phi) is 12.1. The van der Waals surface area contributed by atoms with Gasteiger partial charge in [-0.15, -0.1) is 0 Å². The van der Waals surface area contributed by atoms with Gasteiger partial charge in [0.15, 0.2) is 0 Å². The van der Waals surface area contributed by atoms with Gasteiger partial charge >= 0.3 is 0 Å². The Bertz CT molecular complexity index is 660. The zero-order valence-electron chi connectivity index (χ0n) is 18.5. The first-order valence-corrected chi connectivity index (χ1v) is 11.4. The summed E-state index contributed by atoms with van der Waals surface area (Å²) in [4.78, 5) is 0. The van der Waals surface area contributed by atoms with Crippen LogP contribution < -0.4 is 0 Å². The monoisotopic (exact) mass is 384 g/mol. The maximum Gasteiger partial charge on any atom is -0.00584 e. The second kappa shape index (κ2) is 13.8. The van der Waals surface area contributed by atoms with Crippen molar-refractivity contribution in [2.75, 3.05) is 0 Å². The highest BCUT2D eigenvalue weighted by atomic mass is 32.1. The number of thiophene rings is 1. The molecule has 0 atom stereocenters. The van der Waals surface area contributed by atoms with Crippen LogP contribution in [0.5, 0.6) is 0 Å². The molecule has 0 amide bonds. The number of hydrogen-bond donors (Lipinski definition) is 0. The van der Waals surface area contributed by atoms with Gasteiger partial charge in [0.25, 0.3) is 0 Å². The zero-order valence-corrected chi connectivity index (χ0v) is 19.3. The normalized spacial score (nSPS) is 13.2. The van der Waals surface area contributed by atoms with E-state index in [2.05, 4.69) is 76.6 Å². The van der Waals surface area contributed by atoms with E-state index in [-0.39, 0.29) is 0 Å². The van der Waals surface area contributed by atoms with Gasteiger partial charge in [0.05, 0.1) is 0 Å².